The van der Waals surface area contributed by atoms with Crippen molar-refractivity contribution in [2.45, 2.75) is 60.6 Å². The molecule has 1 heterocycles. The number of rotatable bonds is 7. The van der Waals surface area contributed by atoms with Crippen LogP contribution in [0, 0.1) is 13.8 Å². The highest BCUT2D eigenvalue weighted by Gasteiger charge is 2.21. The normalized spacial score (nSPS) is 12.1. The van der Waals surface area contributed by atoms with Gasteiger partial charge in [0.25, 0.3) is 0 Å². The molecule has 0 spiro atoms. The molecule has 192 valence electrons. The van der Waals surface area contributed by atoms with E-state index in [-0.39, 0.29) is 5.97 Å². The molecule has 0 aliphatic heterocycles. The lowest BCUT2D eigenvalue weighted by molar-refractivity contribution is 0.00704. The highest BCUT2D eigenvalue weighted by atomic mass is 16.6. The van der Waals surface area contributed by atoms with Gasteiger partial charge in [-0.25, -0.2) is 4.79 Å². The van der Waals surface area contributed by atoms with Crippen LogP contribution in [0.15, 0.2) is 72.8 Å². The van der Waals surface area contributed by atoms with Crippen LogP contribution in [0.25, 0.3) is 27.8 Å². The summed E-state index contributed by atoms with van der Waals surface area (Å²) in [5, 5.41) is 1.25. The fraction of sp³-hybridized carbons (Fsp3) is 0.303. The average Bonchev–Trinajstić information content (AvgIpc) is 3.11. The highest BCUT2D eigenvalue weighted by Crippen LogP contribution is 2.31. The molecule has 0 aliphatic carbocycles. The van der Waals surface area contributed by atoms with Crippen LogP contribution in [0.1, 0.15) is 67.4 Å². The molecule has 4 rings (SSSR count). The molecule has 0 amide bonds. The maximum Gasteiger partial charge on any atom is 0.339 e. The third-order valence-corrected chi connectivity index (χ3v) is 6.64. The first-order valence-corrected chi connectivity index (χ1v) is 12.9. The average molecular weight is 496 g/mol. The summed E-state index contributed by atoms with van der Waals surface area (Å²) >= 11 is 0. The molecular formula is C33H37NO3. The molecule has 0 saturated carbocycles. The monoisotopic (exact) mass is 495 g/mol. The number of hydrogen-bond donors (Lipinski definition) is 0. The van der Waals surface area contributed by atoms with Crippen molar-refractivity contribution in [3.63, 3.8) is 0 Å². The van der Waals surface area contributed by atoms with E-state index in [4.69, 9.17) is 9.47 Å². The van der Waals surface area contributed by atoms with E-state index in [2.05, 4.69) is 60.9 Å². The Balaban J connectivity index is 1.63. The number of benzene rings is 3. The zero-order valence-corrected chi connectivity index (χ0v) is 23.0. The van der Waals surface area contributed by atoms with E-state index >= 15 is 0 Å². The van der Waals surface area contributed by atoms with Gasteiger partial charge in [0.2, 0.25) is 0 Å². The molecular weight excluding hydrogens is 458 g/mol. The summed E-state index contributed by atoms with van der Waals surface area (Å²) in [5.41, 5.74) is 7.97. The molecule has 0 saturated heterocycles. The summed E-state index contributed by atoms with van der Waals surface area (Å²) in [5.74, 6) is 0.610. The zero-order chi connectivity index (χ0) is 26.7. The Kier molecular flexibility index (Phi) is 7.58. The molecule has 37 heavy (non-hydrogen) atoms. The Morgan fingerprint density at radius 3 is 2.32 bits per heavy atom. The van der Waals surface area contributed by atoms with Gasteiger partial charge < -0.3 is 14.0 Å². The number of carbonyl (C=O) groups excluding carboxylic acids is 1. The van der Waals surface area contributed by atoms with Crippen LogP contribution in [0.3, 0.4) is 0 Å². The molecule has 0 radical (unpaired) electrons. The summed E-state index contributed by atoms with van der Waals surface area (Å²) in [6.07, 6.45) is 2.02. The minimum atomic E-state index is -0.540. The predicted octanol–water partition coefficient (Wildman–Crippen LogP) is 8.33. The quantitative estimate of drug-likeness (QED) is 0.191. The van der Waals surface area contributed by atoms with E-state index in [0.717, 1.165) is 29.0 Å². The van der Waals surface area contributed by atoms with Crippen LogP contribution in [-0.2, 0) is 16.0 Å². The number of hydrogen-bond acceptors (Lipinski definition) is 3. The van der Waals surface area contributed by atoms with Crippen molar-refractivity contribution in [1.29, 1.82) is 0 Å². The van der Waals surface area contributed by atoms with Gasteiger partial charge in [0.15, 0.2) is 0 Å². The van der Waals surface area contributed by atoms with Gasteiger partial charge >= 0.3 is 5.97 Å². The van der Waals surface area contributed by atoms with Gasteiger partial charge in [0, 0.05) is 28.7 Å². The Labute approximate surface area is 220 Å². The Bertz CT molecular complexity index is 1450. The third kappa shape index (κ3) is 5.64. The lowest BCUT2D eigenvalue weighted by Gasteiger charge is -2.20. The first kappa shape index (κ1) is 26.3. The minimum Gasteiger partial charge on any atom is -0.494 e. The summed E-state index contributed by atoms with van der Waals surface area (Å²) in [6.45, 7) is 15.5. The van der Waals surface area contributed by atoms with Crippen LogP contribution in [0.5, 0.6) is 0 Å². The number of ether oxygens (including phenoxy) is 2. The van der Waals surface area contributed by atoms with Crippen molar-refractivity contribution >= 4 is 22.6 Å². The molecule has 4 heteroatoms. The first-order valence-electron chi connectivity index (χ1n) is 12.9. The van der Waals surface area contributed by atoms with Gasteiger partial charge in [0.1, 0.15) is 11.4 Å². The van der Waals surface area contributed by atoms with Crippen LogP contribution >= 0.6 is 0 Å². The number of fused-ring (bicyclic) bond motifs is 1. The summed E-state index contributed by atoms with van der Waals surface area (Å²) in [4.78, 5) is 12.8. The van der Waals surface area contributed by atoms with Crippen LogP contribution in [0.4, 0.5) is 0 Å². The summed E-state index contributed by atoms with van der Waals surface area (Å²) in [7, 11) is 0. The molecule has 3 aromatic carbocycles. The fourth-order valence-corrected chi connectivity index (χ4v) is 4.71. The van der Waals surface area contributed by atoms with Gasteiger partial charge in [-0.05, 0) is 101 Å². The van der Waals surface area contributed by atoms with E-state index in [1.54, 1.807) is 0 Å². The highest BCUT2D eigenvalue weighted by molar-refractivity contribution is 5.97. The topological polar surface area (TPSA) is 40.5 Å². The van der Waals surface area contributed by atoms with Crippen molar-refractivity contribution in [3.05, 3.63) is 101 Å². The number of aryl methyl sites for hydroxylation is 1. The second-order valence-electron chi connectivity index (χ2n) is 10.4. The van der Waals surface area contributed by atoms with Gasteiger partial charge in [-0.2, -0.15) is 0 Å². The van der Waals surface area contributed by atoms with Gasteiger partial charge in [-0.3, -0.25) is 0 Å². The summed E-state index contributed by atoms with van der Waals surface area (Å²) in [6, 6.07) is 22.6. The molecule has 0 N–H and O–H groups in total. The molecule has 0 fully saturated rings. The van der Waals surface area contributed by atoms with Crippen molar-refractivity contribution in [1.82, 2.24) is 4.57 Å². The number of carbonyl (C=O) groups is 1. The van der Waals surface area contributed by atoms with Gasteiger partial charge in [-0.1, -0.05) is 42.5 Å². The standard InChI is InChI=1S/C33H37NO3/c1-8-31(36-9-2)26-18-19-30-29(20-26)22(3)23(4)34(30)21-24-14-16-25(17-15-24)27-12-10-11-13-28(27)32(35)37-33(5,6)7/h8,10-20H,9,21H2,1-7H3/b31-8+. The maximum absolute atomic E-state index is 12.8. The van der Waals surface area contributed by atoms with Crippen molar-refractivity contribution in [2.24, 2.45) is 0 Å². The molecule has 0 bridgehead atoms. The van der Waals surface area contributed by atoms with E-state index in [1.165, 1.54) is 27.7 Å². The SMILES string of the molecule is C/C=C(/OCC)c1ccc2c(c1)c(C)c(C)n2Cc1ccc(-c2ccccc2C(=O)OC(C)(C)C)cc1. The van der Waals surface area contributed by atoms with Crippen LogP contribution in [0.2, 0.25) is 0 Å². The van der Waals surface area contributed by atoms with Crippen molar-refractivity contribution in [2.75, 3.05) is 6.61 Å². The predicted molar refractivity (Wildman–Crippen MR) is 153 cm³/mol. The number of aromatic nitrogens is 1. The first-order chi connectivity index (χ1) is 17.6. The number of allylic oxidation sites excluding steroid dienone is 1. The van der Waals surface area contributed by atoms with E-state index in [0.29, 0.717) is 12.2 Å². The smallest absolute Gasteiger partial charge is 0.339 e. The minimum absolute atomic E-state index is 0.304. The molecule has 1 aromatic heterocycles. The second-order valence-corrected chi connectivity index (χ2v) is 10.4. The van der Waals surface area contributed by atoms with Crippen molar-refractivity contribution in [3.8, 4) is 11.1 Å². The zero-order valence-electron chi connectivity index (χ0n) is 23.0. The Morgan fingerprint density at radius 1 is 0.973 bits per heavy atom. The fourth-order valence-electron chi connectivity index (χ4n) is 4.71. The largest absolute Gasteiger partial charge is 0.494 e. The maximum atomic E-state index is 12.8. The van der Waals surface area contributed by atoms with Gasteiger partial charge in [0.05, 0.1) is 12.2 Å². The Hall–Kier alpha value is -3.79. The second kappa shape index (κ2) is 10.7. The molecule has 0 unspecified atom stereocenters. The lowest BCUT2D eigenvalue weighted by atomic mass is 9.98. The summed E-state index contributed by atoms with van der Waals surface area (Å²) < 4.78 is 13.8. The lowest BCUT2D eigenvalue weighted by Crippen LogP contribution is -2.24. The molecule has 4 nitrogen and oxygen atoms in total. The number of nitrogens with zero attached hydrogens (tertiary/aromatic N) is 1. The Morgan fingerprint density at radius 2 is 1.68 bits per heavy atom. The van der Waals surface area contributed by atoms with Gasteiger partial charge in [-0.15, -0.1) is 0 Å². The van der Waals surface area contributed by atoms with E-state index in [1.807, 2.05) is 65.0 Å². The van der Waals surface area contributed by atoms with Crippen molar-refractivity contribution < 1.29 is 14.3 Å². The number of esters is 1. The molecule has 0 aliphatic rings. The molecule has 0 atom stereocenters. The van der Waals surface area contributed by atoms with Crippen LogP contribution in [-0.4, -0.2) is 22.7 Å². The van der Waals surface area contributed by atoms with E-state index in [9.17, 15) is 4.79 Å². The third-order valence-electron chi connectivity index (χ3n) is 6.64. The van der Waals surface area contributed by atoms with Crippen LogP contribution < -0.4 is 0 Å². The van der Waals surface area contributed by atoms with E-state index < -0.39 is 5.60 Å². The molecule has 4 aromatic rings.